The Kier molecular flexibility index (Phi) is 6.20. The van der Waals surface area contributed by atoms with Crippen molar-refractivity contribution in [2.45, 2.75) is 82.3 Å². The number of benzene rings is 1. The van der Waals surface area contributed by atoms with Crippen molar-refractivity contribution in [3.05, 3.63) is 34.6 Å². The molecule has 2 aliphatic carbocycles. The smallest absolute Gasteiger partial charge is 0.262 e. The van der Waals surface area contributed by atoms with Gasteiger partial charge in [0.25, 0.3) is 5.56 Å². The van der Waals surface area contributed by atoms with E-state index in [0.717, 1.165) is 30.2 Å². The fraction of sp³-hybridized carbons (Fsp3) is 0.600. The largest absolute Gasteiger partial charge is 0.352 e. The van der Waals surface area contributed by atoms with Crippen LogP contribution >= 0.6 is 11.8 Å². The first-order valence-corrected chi connectivity index (χ1v) is 13.2. The molecule has 8 heteroatoms. The zero-order chi connectivity index (χ0) is 23.1. The highest BCUT2D eigenvalue weighted by atomic mass is 32.2. The molecule has 2 aromatic heterocycles. The van der Waals surface area contributed by atoms with E-state index in [0.29, 0.717) is 28.8 Å². The van der Waals surface area contributed by atoms with Crippen molar-refractivity contribution >= 4 is 34.3 Å². The van der Waals surface area contributed by atoms with E-state index in [9.17, 15) is 9.59 Å². The Hall–Kier alpha value is -2.35. The average Bonchev–Trinajstić information content (AvgIpc) is 3.55. The topological polar surface area (TPSA) is 81.3 Å². The second-order valence-corrected chi connectivity index (χ2v) is 11.1. The summed E-state index contributed by atoms with van der Waals surface area (Å²) in [5, 5.41) is 13.0. The summed E-state index contributed by atoms with van der Waals surface area (Å²) < 4.78 is 3.64. The van der Waals surface area contributed by atoms with Crippen molar-refractivity contribution < 1.29 is 4.79 Å². The highest BCUT2D eigenvalue weighted by Crippen LogP contribution is 2.49. The Morgan fingerprint density at radius 2 is 2.03 bits per heavy atom. The summed E-state index contributed by atoms with van der Waals surface area (Å²) in [6.07, 6.45) is 7.16. The normalized spacial score (nSPS) is 23.9. The number of carbonyl (C=O) groups is 1. The monoisotopic (exact) mass is 467 g/mol. The van der Waals surface area contributed by atoms with E-state index in [2.05, 4.69) is 29.4 Å². The number of nitrogens with one attached hydrogen (secondary N) is 1. The molecule has 1 amide bonds. The second kappa shape index (κ2) is 9.12. The van der Waals surface area contributed by atoms with Crippen LogP contribution in [0, 0.1) is 17.8 Å². The minimum atomic E-state index is -0.312. The third-order valence-electron chi connectivity index (χ3n) is 7.67. The summed E-state index contributed by atoms with van der Waals surface area (Å²) in [5.74, 6) is 2.83. The van der Waals surface area contributed by atoms with Crippen LogP contribution in [-0.4, -0.2) is 36.4 Å². The highest BCUT2D eigenvalue weighted by Gasteiger charge is 2.42. The first-order valence-electron chi connectivity index (χ1n) is 12.3. The van der Waals surface area contributed by atoms with Crippen LogP contribution in [0.5, 0.6) is 0 Å². The summed E-state index contributed by atoms with van der Waals surface area (Å²) in [6.45, 7) is 6.78. The maximum absolute atomic E-state index is 13.1. The quantitative estimate of drug-likeness (QED) is 0.501. The number of aromatic nitrogens is 4. The van der Waals surface area contributed by atoms with Crippen molar-refractivity contribution in [2.75, 3.05) is 0 Å². The van der Waals surface area contributed by atoms with Gasteiger partial charge in [0, 0.05) is 12.6 Å². The zero-order valence-corrected chi connectivity index (χ0v) is 20.5. The van der Waals surface area contributed by atoms with Gasteiger partial charge in [-0.2, -0.15) is 0 Å². The molecule has 5 atom stereocenters. The molecular formula is C25H33N5O2S. The number of hydrogen-bond donors (Lipinski definition) is 1. The summed E-state index contributed by atoms with van der Waals surface area (Å²) in [6, 6.07) is 7.76. The van der Waals surface area contributed by atoms with Crippen LogP contribution < -0.4 is 10.9 Å². The molecule has 0 spiro atoms. The second-order valence-electron chi connectivity index (χ2n) is 9.84. The molecule has 0 radical (unpaired) electrons. The fourth-order valence-electron chi connectivity index (χ4n) is 5.89. The van der Waals surface area contributed by atoms with Gasteiger partial charge < -0.3 is 5.32 Å². The van der Waals surface area contributed by atoms with Crippen LogP contribution in [0.3, 0.4) is 0 Å². The maximum Gasteiger partial charge on any atom is 0.262 e. The summed E-state index contributed by atoms with van der Waals surface area (Å²) in [4.78, 5) is 26.2. The van der Waals surface area contributed by atoms with Gasteiger partial charge in [0.2, 0.25) is 11.7 Å². The van der Waals surface area contributed by atoms with E-state index in [1.807, 2.05) is 35.6 Å². The molecule has 2 heterocycles. The molecule has 2 fully saturated rings. The predicted molar refractivity (Wildman–Crippen MR) is 132 cm³/mol. The Morgan fingerprint density at radius 3 is 2.76 bits per heavy atom. The number of aryl methyl sites for hydroxylation is 1. The molecular weight excluding hydrogens is 434 g/mol. The number of hydrogen-bond acceptors (Lipinski definition) is 5. The molecule has 0 aliphatic heterocycles. The standard InChI is InChI=1S/C25H33N5O2S/c1-4-5-12-29-23(32)19-8-6-7-9-21(19)30-24(29)27-28-25(30)33-16(3)22(31)26-15(2)20-14-17-10-11-18(20)13-17/h6-9,15-18,20H,4-5,10-14H2,1-3H3,(H,26,31). The number of nitrogens with zero attached hydrogens (tertiary/aromatic N) is 4. The van der Waals surface area contributed by atoms with Gasteiger partial charge in [-0.05, 0) is 69.4 Å². The van der Waals surface area contributed by atoms with Crippen molar-refractivity contribution in [3.8, 4) is 0 Å². The number of unbranched alkanes of at least 4 members (excludes halogenated alkanes) is 1. The van der Waals surface area contributed by atoms with Gasteiger partial charge in [0.05, 0.1) is 16.2 Å². The van der Waals surface area contributed by atoms with Gasteiger partial charge in [-0.1, -0.05) is 43.7 Å². The van der Waals surface area contributed by atoms with Crippen molar-refractivity contribution in [3.63, 3.8) is 0 Å². The predicted octanol–water partition coefficient (Wildman–Crippen LogP) is 4.27. The Balaban J connectivity index is 1.40. The van der Waals surface area contributed by atoms with E-state index in [1.54, 1.807) is 4.57 Å². The van der Waals surface area contributed by atoms with Crippen LogP contribution in [0.25, 0.3) is 16.7 Å². The lowest BCUT2D eigenvalue weighted by Gasteiger charge is -2.29. The molecule has 33 heavy (non-hydrogen) atoms. The van der Waals surface area contributed by atoms with Gasteiger partial charge in [-0.3, -0.25) is 18.6 Å². The van der Waals surface area contributed by atoms with Gasteiger partial charge in [0.15, 0.2) is 5.16 Å². The van der Waals surface area contributed by atoms with Crippen LogP contribution in [0.15, 0.2) is 34.2 Å². The van der Waals surface area contributed by atoms with Crippen LogP contribution in [0.1, 0.15) is 59.3 Å². The third-order valence-corrected chi connectivity index (χ3v) is 8.71. The lowest BCUT2D eigenvalue weighted by atomic mass is 9.84. The highest BCUT2D eigenvalue weighted by molar-refractivity contribution is 8.00. The Bertz CT molecular complexity index is 1230. The number of fused-ring (bicyclic) bond motifs is 5. The minimum Gasteiger partial charge on any atom is -0.352 e. The van der Waals surface area contributed by atoms with Crippen LogP contribution in [-0.2, 0) is 11.3 Å². The van der Waals surface area contributed by atoms with Gasteiger partial charge in [-0.25, -0.2) is 0 Å². The molecule has 0 saturated heterocycles. The molecule has 176 valence electrons. The summed E-state index contributed by atoms with van der Waals surface area (Å²) in [5.41, 5.74) is 0.738. The SMILES string of the molecule is CCCCn1c(=O)c2ccccc2n2c(SC(C)C(=O)NC(C)C3CC4CCC3C4)nnc12. The molecule has 1 aromatic carbocycles. The van der Waals surface area contributed by atoms with E-state index in [4.69, 9.17) is 0 Å². The van der Waals surface area contributed by atoms with Crippen molar-refractivity contribution in [2.24, 2.45) is 17.8 Å². The third kappa shape index (κ3) is 4.07. The van der Waals surface area contributed by atoms with Crippen LogP contribution in [0.4, 0.5) is 0 Å². The van der Waals surface area contributed by atoms with Crippen molar-refractivity contribution in [1.29, 1.82) is 0 Å². The molecule has 2 aliphatic rings. The molecule has 1 N–H and O–H groups in total. The van der Waals surface area contributed by atoms with Crippen molar-refractivity contribution in [1.82, 2.24) is 24.5 Å². The number of carbonyl (C=O) groups excluding carboxylic acids is 1. The minimum absolute atomic E-state index is 0.0376. The number of para-hydroxylation sites is 1. The molecule has 5 rings (SSSR count). The molecule has 2 bridgehead atoms. The Labute approximate surface area is 198 Å². The number of amides is 1. The first kappa shape index (κ1) is 22.4. The fourth-order valence-corrected chi connectivity index (χ4v) is 6.76. The van der Waals surface area contributed by atoms with E-state index >= 15 is 0 Å². The summed E-state index contributed by atoms with van der Waals surface area (Å²) in [7, 11) is 0. The lowest BCUT2D eigenvalue weighted by molar-refractivity contribution is -0.121. The van der Waals surface area contributed by atoms with Gasteiger partial charge in [-0.15, -0.1) is 10.2 Å². The molecule has 7 nitrogen and oxygen atoms in total. The zero-order valence-electron chi connectivity index (χ0n) is 19.7. The molecule has 3 aromatic rings. The van der Waals surface area contributed by atoms with E-state index in [-0.39, 0.29) is 22.8 Å². The van der Waals surface area contributed by atoms with E-state index in [1.165, 1.54) is 37.4 Å². The lowest BCUT2D eigenvalue weighted by Crippen LogP contribution is -2.43. The number of thioether (sulfide) groups is 1. The average molecular weight is 468 g/mol. The first-order chi connectivity index (χ1) is 16.0. The Morgan fingerprint density at radius 1 is 1.21 bits per heavy atom. The summed E-state index contributed by atoms with van der Waals surface area (Å²) >= 11 is 1.40. The molecule has 5 unspecified atom stereocenters. The molecule has 2 saturated carbocycles. The number of rotatable bonds is 8. The maximum atomic E-state index is 13.1. The van der Waals surface area contributed by atoms with E-state index < -0.39 is 0 Å². The van der Waals surface area contributed by atoms with Crippen LogP contribution in [0.2, 0.25) is 0 Å². The van der Waals surface area contributed by atoms with Gasteiger partial charge in [0.1, 0.15) is 0 Å². The van der Waals surface area contributed by atoms with Gasteiger partial charge >= 0.3 is 0 Å².